The molecule has 0 aliphatic heterocycles. The summed E-state index contributed by atoms with van der Waals surface area (Å²) in [5, 5.41) is 2.80. The lowest BCUT2D eigenvalue weighted by molar-refractivity contribution is 0.0949. The van der Waals surface area contributed by atoms with E-state index in [4.69, 9.17) is 4.74 Å². The fourth-order valence-electron chi connectivity index (χ4n) is 2.86. The van der Waals surface area contributed by atoms with Crippen LogP contribution in [0.1, 0.15) is 40.0 Å². The molecule has 0 radical (unpaired) electrons. The molecule has 1 heterocycles. The molecular formula is C18H20N2O3. The number of hydrogen-bond acceptors (Lipinski definition) is 3. The SMILES string of the molecule is COc1ccc(CNC(=O)c2cc3c([nH]c2=O)CCCC3)cc1. The van der Waals surface area contributed by atoms with Crippen LogP contribution < -0.4 is 15.6 Å². The topological polar surface area (TPSA) is 71.2 Å². The van der Waals surface area contributed by atoms with Crippen molar-refractivity contribution in [3.05, 3.63) is 63.1 Å². The Morgan fingerprint density at radius 1 is 1.22 bits per heavy atom. The highest BCUT2D eigenvalue weighted by Gasteiger charge is 2.16. The number of aromatic nitrogens is 1. The number of fused-ring (bicyclic) bond motifs is 1. The van der Waals surface area contributed by atoms with E-state index < -0.39 is 0 Å². The van der Waals surface area contributed by atoms with Crippen LogP contribution in [0, 0.1) is 0 Å². The van der Waals surface area contributed by atoms with Gasteiger partial charge in [-0.2, -0.15) is 0 Å². The van der Waals surface area contributed by atoms with E-state index in [1.165, 1.54) is 0 Å². The normalized spacial score (nSPS) is 13.3. The third-order valence-electron chi connectivity index (χ3n) is 4.19. The van der Waals surface area contributed by atoms with Crippen LogP contribution in [0.5, 0.6) is 5.75 Å². The lowest BCUT2D eigenvalue weighted by Crippen LogP contribution is -2.30. The van der Waals surface area contributed by atoms with Gasteiger partial charge >= 0.3 is 0 Å². The van der Waals surface area contributed by atoms with Crippen LogP contribution in [0.15, 0.2) is 35.1 Å². The molecule has 0 bridgehead atoms. The number of carbonyl (C=O) groups is 1. The first-order chi connectivity index (χ1) is 11.2. The van der Waals surface area contributed by atoms with Crippen molar-refractivity contribution in [3.63, 3.8) is 0 Å². The standard InChI is InChI=1S/C18H20N2O3/c1-23-14-8-6-12(7-9-14)11-19-17(21)15-10-13-4-2-3-5-16(13)20-18(15)22/h6-10H,2-5,11H2,1H3,(H,19,21)(H,20,22). The number of rotatable bonds is 4. The summed E-state index contributed by atoms with van der Waals surface area (Å²) in [5.74, 6) is 0.432. The molecule has 2 aromatic rings. The number of carbonyl (C=O) groups excluding carboxylic acids is 1. The molecule has 0 saturated carbocycles. The molecule has 2 N–H and O–H groups in total. The molecule has 0 spiro atoms. The molecule has 5 heteroatoms. The largest absolute Gasteiger partial charge is 0.497 e. The number of hydrogen-bond donors (Lipinski definition) is 2. The minimum Gasteiger partial charge on any atom is -0.497 e. The Morgan fingerprint density at radius 2 is 1.96 bits per heavy atom. The number of pyridine rings is 1. The van der Waals surface area contributed by atoms with Crippen molar-refractivity contribution in [2.45, 2.75) is 32.2 Å². The first kappa shape index (κ1) is 15.3. The smallest absolute Gasteiger partial charge is 0.261 e. The molecule has 0 fully saturated rings. The third kappa shape index (κ3) is 3.44. The number of aryl methyl sites for hydroxylation is 2. The predicted molar refractivity (Wildman–Crippen MR) is 87.9 cm³/mol. The van der Waals surface area contributed by atoms with E-state index in [0.717, 1.165) is 48.3 Å². The van der Waals surface area contributed by atoms with Crippen LogP contribution in [-0.2, 0) is 19.4 Å². The molecule has 23 heavy (non-hydrogen) atoms. The van der Waals surface area contributed by atoms with Crippen LogP contribution >= 0.6 is 0 Å². The minimum atomic E-state index is -0.338. The number of amides is 1. The quantitative estimate of drug-likeness (QED) is 0.909. The van der Waals surface area contributed by atoms with Gasteiger partial charge in [0.1, 0.15) is 11.3 Å². The minimum absolute atomic E-state index is 0.194. The number of benzene rings is 1. The fraction of sp³-hybridized carbons (Fsp3) is 0.333. The van der Waals surface area contributed by atoms with Crippen molar-refractivity contribution in [2.24, 2.45) is 0 Å². The second kappa shape index (κ2) is 6.69. The number of ether oxygens (including phenoxy) is 1. The lowest BCUT2D eigenvalue weighted by atomic mass is 9.95. The summed E-state index contributed by atoms with van der Waals surface area (Å²) < 4.78 is 5.10. The second-order valence-corrected chi connectivity index (χ2v) is 5.75. The summed E-state index contributed by atoms with van der Waals surface area (Å²) in [4.78, 5) is 27.2. The Hall–Kier alpha value is -2.56. The van der Waals surface area contributed by atoms with E-state index in [2.05, 4.69) is 10.3 Å². The van der Waals surface area contributed by atoms with Crippen molar-refractivity contribution in [3.8, 4) is 5.75 Å². The van der Waals surface area contributed by atoms with Crippen molar-refractivity contribution in [1.82, 2.24) is 10.3 Å². The summed E-state index contributed by atoms with van der Waals surface area (Å²) in [6.45, 7) is 0.374. The zero-order chi connectivity index (χ0) is 16.2. The number of nitrogens with one attached hydrogen (secondary N) is 2. The van der Waals surface area contributed by atoms with Crippen LogP contribution in [-0.4, -0.2) is 18.0 Å². The van der Waals surface area contributed by atoms with Crippen LogP contribution in [0.4, 0.5) is 0 Å². The maximum atomic E-state index is 12.3. The summed E-state index contributed by atoms with van der Waals surface area (Å²) in [7, 11) is 1.61. The molecule has 1 aliphatic carbocycles. The van der Waals surface area contributed by atoms with Gasteiger partial charge in [0.25, 0.3) is 11.5 Å². The Bertz CT molecular complexity index is 763. The van der Waals surface area contributed by atoms with Gasteiger partial charge in [-0.15, -0.1) is 0 Å². The van der Waals surface area contributed by atoms with Gasteiger partial charge in [0, 0.05) is 12.2 Å². The van der Waals surface area contributed by atoms with Gasteiger partial charge < -0.3 is 15.0 Å². The Labute approximate surface area is 134 Å². The van der Waals surface area contributed by atoms with Gasteiger partial charge in [0.15, 0.2) is 0 Å². The maximum absolute atomic E-state index is 12.3. The number of H-pyrrole nitrogens is 1. The Kier molecular flexibility index (Phi) is 4.46. The van der Waals surface area contributed by atoms with E-state index >= 15 is 0 Å². The molecule has 0 atom stereocenters. The molecule has 0 unspecified atom stereocenters. The lowest BCUT2D eigenvalue weighted by Gasteiger charge is -2.16. The van der Waals surface area contributed by atoms with E-state index in [0.29, 0.717) is 6.54 Å². The summed E-state index contributed by atoms with van der Waals surface area (Å²) in [5.41, 5.74) is 2.91. The maximum Gasteiger partial charge on any atom is 0.261 e. The van der Waals surface area contributed by atoms with E-state index in [1.54, 1.807) is 13.2 Å². The molecule has 1 aromatic carbocycles. The third-order valence-corrected chi connectivity index (χ3v) is 4.19. The zero-order valence-corrected chi connectivity index (χ0v) is 13.1. The van der Waals surface area contributed by atoms with E-state index in [-0.39, 0.29) is 17.0 Å². The number of methoxy groups -OCH3 is 1. The van der Waals surface area contributed by atoms with Crippen LogP contribution in [0.3, 0.4) is 0 Å². The predicted octanol–water partition coefficient (Wildman–Crippen LogP) is 2.19. The van der Waals surface area contributed by atoms with Gasteiger partial charge in [-0.3, -0.25) is 9.59 Å². The van der Waals surface area contributed by atoms with Gasteiger partial charge in [-0.1, -0.05) is 12.1 Å². The summed E-state index contributed by atoms with van der Waals surface area (Å²) in [6, 6.07) is 9.20. The Morgan fingerprint density at radius 3 is 2.70 bits per heavy atom. The van der Waals surface area contributed by atoms with Gasteiger partial charge in [0.2, 0.25) is 0 Å². The molecular weight excluding hydrogens is 292 g/mol. The molecule has 1 aromatic heterocycles. The average molecular weight is 312 g/mol. The van der Waals surface area contributed by atoms with Crippen molar-refractivity contribution >= 4 is 5.91 Å². The molecule has 1 aliphatic rings. The summed E-state index contributed by atoms with van der Waals surface area (Å²) >= 11 is 0. The molecule has 5 nitrogen and oxygen atoms in total. The molecule has 0 saturated heterocycles. The highest BCUT2D eigenvalue weighted by molar-refractivity contribution is 5.94. The van der Waals surface area contributed by atoms with Crippen molar-refractivity contribution < 1.29 is 9.53 Å². The van der Waals surface area contributed by atoms with E-state index in [9.17, 15) is 9.59 Å². The number of aromatic amines is 1. The zero-order valence-electron chi connectivity index (χ0n) is 13.1. The average Bonchev–Trinajstić information content (AvgIpc) is 2.59. The molecule has 1 amide bonds. The first-order valence-corrected chi connectivity index (χ1v) is 7.83. The molecule has 120 valence electrons. The monoisotopic (exact) mass is 312 g/mol. The fourth-order valence-corrected chi connectivity index (χ4v) is 2.86. The van der Waals surface area contributed by atoms with Gasteiger partial charge in [-0.05, 0) is 55.0 Å². The van der Waals surface area contributed by atoms with Gasteiger partial charge in [-0.25, -0.2) is 0 Å². The van der Waals surface area contributed by atoms with E-state index in [1.807, 2.05) is 24.3 Å². The first-order valence-electron chi connectivity index (χ1n) is 7.83. The Balaban J connectivity index is 1.71. The van der Waals surface area contributed by atoms with Crippen molar-refractivity contribution in [2.75, 3.05) is 7.11 Å². The molecule has 3 rings (SSSR count). The van der Waals surface area contributed by atoms with Gasteiger partial charge in [0.05, 0.1) is 7.11 Å². The van der Waals surface area contributed by atoms with Crippen LogP contribution in [0.25, 0.3) is 0 Å². The highest BCUT2D eigenvalue weighted by Crippen LogP contribution is 2.18. The second-order valence-electron chi connectivity index (χ2n) is 5.75. The van der Waals surface area contributed by atoms with Crippen molar-refractivity contribution in [1.29, 1.82) is 0 Å². The highest BCUT2D eigenvalue weighted by atomic mass is 16.5. The van der Waals surface area contributed by atoms with Crippen LogP contribution in [0.2, 0.25) is 0 Å². The summed E-state index contributed by atoms with van der Waals surface area (Å²) in [6.07, 6.45) is 4.00.